The maximum absolute atomic E-state index is 12.1. The minimum atomic E-state index is -0.914. The topological polar surface area (TPSA) is 85.9 Å². The van der Waals surface area contributed by atoms with Crippen LogP contribution in [0.1, 0.15) is 17.3 Å². The van der Waals surface area contributed by atoms with Crippen molar-refractivity contribution in [1.29, 1.82) is 0 Å². The summed E-state index contributed by atoms with van der Waals surface area (Å²) in [7, 11) is 0. The maximum atomic E-state index is 12.1. The third-order valence-corrected chi connectivity index (χ3v) is 4.32. The lowest BCUT2D eigenvalue weighted by atomic mass is 10.2. The van der Waals surface area contributed by atoms with Crippen LogP contribution in [0.25, 0.3) is 0 Å². The summed E-state index contributed by atoms with van der Waals surface area (Å²) in [6.45, 7) is 1.62. The molecule has 3 rings (SSSR count). The van der Waals surface area contributed by atoms with Gasteiger partial charge in [0.05, 0.1) is 5.02 Å². The van der Waals surface area contributed by atoms with Crippen LogP contribution in [-0.4, -0.2) is 24.7 Å². The molecule has 2 N–H and O–H groups in total. The Kier molecular flexibility index (Phi) is 5.39. The summed E-state index contributed by atoms with van der Waals surface area (Å²) in [5.74, 6) is 0.228. The fraction of sp³-hybridized carbons (Fsp3) is 0.176. The number of rotatable bonds is 4. The Morgan fingerprint density at radius 2 is 1.88 bits per heavy atom. The van der Waals surface area contributed by atoms with Gasteiger partial charge >= 0.3 is 0 Å². The Morgan fingerprint density at radius 3 is 2.69 bits per heavy atom. The molecule has 1 aliphatic heterocycles. The minimum absolute atomic E-state index is 0.109. The number of hydrazine groups is 1. The van der Waals surface area contributed by atoms with Crippen molar-refractivity contribution in [3.63, 3.8) is 0 Å². The Bertz CT molecular complexity index is 859. The molecule has 0 fully saturated rings. The van der Waals surface area contributed by atoms with Gasteiger partial charge in [-0.1, -0.05) is 29.3 Å². The van der Waals surface area contributed by atoms with Crippen LogP contribution in [0.2, 0.25) is 10.0 Å². The van der Waals surface area contributed by atoms with Crippen molar-refractivity contribution in [2.45, 2.75) is 13.0 Å². The van der Waals surface area contributed by atoms with Gasteiger partial charge in [-0.05, 0) is 37.3 Å². The summed E-state index contributed by atoms with van der Waals surface area (Å²) in [4.78, 5) is 24.2. The Morgan fingerprint density at radius 1 is 1.12 bits per heavy atom. The Balaban J connectivity index is 1.56. The van der Waals surface area contributed by atoms with Crippen LogP contribution in [0.3, 0.4) is 0 Å². The minimum Gasteiger partial charge on any atom is -0.479 e. The first-order chi connectivity index (χ1) is 12.5. The fourth-order valence-electron chi connectivity index (χ4n) is 2.15. The van der Waals surface area contributed by atoms with Gasteiger partial charge in [0.1, 0.15) is 10.8 Å². The molecule has 136 valence electrons. The highest BCUT2D eigenvalue weighted by Crippen LogP contribution is 2.33. The van der Waals surface area contributed by atoms with Crippen molar-refractivity contribution in [2.75, 3.05) is 6.79 Å². The monoisotopic (exact) mass is 396 g/mol. The van der Waals surface area contributed by atoms with Crippen LogP contribution in [0, 0.1) is 0 Å². The third kappa shape index (κ3) is 3.95. The van der Waals surface area contributed by atoms with Crippen LogP contribution >= 0.6 is 23.2 Å². The molecule has 1 heterocycles. The van der Waals surface area contributed by atoms with Gasteiger partial charge in [-0.3, -0.25) is 20.4 Å². The van der Waals surface area contributed by atoms with Crippen molar-refractivity contribution in [2.24, 2.45) is 0 Å². The van der Waals surface area contributed by atoms with Gasteiger partial charge in [0.15, 0.2) is 17.6 Å². The molecule has 2 aromatic rings. The van der Waals surface area contributed by atoms with E-state index < -0.39 is 17.9 Å². The molecule has 0 bridgehead atoms. The fourth-order valence-corrected chi connectivity index (χ4v) is 2.49. The summed E-state index contributed by atoms with van der Waals surface area (Å²) < 4.78 is 15.9. The van der Waals surface area contributed by atoms with Crippen molar-refractivity contribution < 1.29 is 23.8 Å². The number of halogens is 2. The first kappa shape index (κ1) is 18.2. The van der Waals surface area contributed by atoms with E-state index in [0.717, 1.165) is 0 Å². The molecule has 0 aliphatic carbocycles. The number of carbonyl (C=O) groups excluding carboxylic acids is 2. The summed E-state index contributed by atoms with van der Waals surface area (Å²) in [6, 6.07) is 9.54. The van der Waals surface area contributed by atoms with Crippen molar-refractivity contribution >= 4 is 35.0 Å². The van der Waals surface area contributed by atoms with Gasteiger partial charge in [0.25, 0.3) is 11.8 Å². The number of ether oxygens (including phenoxy) is 3. The lowest BCUT2D eigenvalue weighted by molar-refractivity contribution is -0.128. The number of hydrogen-bond acceptors (Lipinski definition) is 5. The molecule has 0 saturated carbocycles. The van der Waals surface area contributed by atoms with Crippen molar-refractivity contribution in [3.8, 4) is 17.2 Å². The van der Waals surface area contributed by atoms with Gasteiger partial charge in [-0.25, -0.2) is 0 Å². The van der Waals surface area contributed by atoms with E-state index in [4.69, 9.17) is 37.4 Å². The molecule has 0 spiro atoms. The highest BCUT2D eigenvalue weighted by Gasteiger charge is 2.19. The maximum Gasteiger partial charge on any atom is 0.279 e. The van der Waals surface area contributed by atoms with E-state index in [1.807, 2.05) is 0 Å². The number of nitrogens with one attached hydrogen (secondary N) is 2. The van der Waals surface area contributed by atoms with E-state index in [0.29, 0.717) is 22.1 Å². The van der Waals surface area contributed by atoms with E-state index in [1.165, 1.54) is 13.0 Å². The molecule has 1 aliphatic rings. The number of amides is 2. The predicted octanol–water partition coefficient (Wildman–Crippen LogP) is 2.95. The Labute approximate surface area is 159 Å². The highest BCUT2D eigenvalue weighted by molar-refractivity contribution is 6.42. The molecule has 26 heavy (non-hydrogen) atoms. The van der Waals surface area contributed by atoms with E-state index in [1.54, 1.807) is 30.3 Å². The summed E-state index contributed by atoms with van der Waals surface area (Å²) in [5, 5.41) is 0.520. The number of fused-ring (bicyclic) bond motifs is 1. The first-order valence-corrected chi connectivity index (χ1v) is 8.32. The third-order valence-electron chi connectivity index (χ3n) is 3.52. The van der Waals surface area contributed by atoms with Crippen molar-refractivity contribution in [1.82, 2.24) is 10.9 Å². The van der Waals surface area contributed by atoms with E-state index in [9.17, 15) is 9.59 Å². The zero-order chi connectivity index (χ0) is 18.7. The standard InChI is InChI=1S/C17H14Cl2N2O5/c1-9(26-13-4-2-3-11(18)15(13)19)16(22)20-21-17(23)10-5-6-12-14(7-10)25-8-24-12/h2-7,9H,8H2,1H3,(H,20,22)(H,21,23). The molecule has 2 amide bonds. The lowest BCUT2D eigenvalue weighted by Crippen LogP contribution is -2.47. The van der Waals surface area contributed by atoms with Crippen LogP contribution in [0.15, 0.2) is 36.4 Å². The van der Waals surface area contributed by atoms with E-state index in [-0.39, 0.29) is 17.6 Å². The van der Waals surface area contributed by atoms with E-state index >= 15 is 0 Å². The molecule has 9 heteroatoms. The average molecular weight is 397 g/mol. The molecule has 7 nitrogen and oxygen atoms in total. The molecule has 0 radical (unpaired) electrons. The van der Waals surface area contributed by atoms with Gasteiger partial charge in [-0.15, -0.1) is 0 Å². The summed E-state index contributed by atoms with van der Waals surface area (Å²) in [6.07, 6.45) is -0.914. The number of hydrogen-bond donors (Lipinski definition) is 2. The van der Waals surface area contributed by atoms with Crippen LogP contribution in [0.5, 0.6) is 17.2 Å². The predicted molar refractivity (Wildman–Crippen MR) is 94.7 cm³/mol. The molecule has 1 unspecified atom stereocenters. The molecular weight excluding hydrogens is 383 g/mol. The second-order valence-electron chi connectivity index (χ2n) is 5.32. The number of carbonyl (C=O) groups is 2. The molecule has 0 aromatic heterocycles. The zero-order valence-electron chi connectivity index (χ0n) is 13.5. The van der Waals surface area contributed by atoms with Gasteiger partial charge in [0, 0.05) is 5.56 Å². The smallest absolute Gasteiger partial charge is 0.279 e. The molecular formula is C17H14Cl2N2O5. The van der Waals surface area contributed by atoms with Crippen LogP contribution in [0.4, 0.5) is 0 Å². The zero-order valence-corrected chi connectivity index (χ0v) is 15.1. The second-order valence-corrected chi connectivity index (χ2v) is 6.11. The first-order valence-electron chi connectivity index (χ1n) is 7.56. The van der Waals surface area contributed by atoms with Crippen LogP contribution < -0.4 is 25.1 Å². The largest absolute Gasteiger partial charge is 0.479 e. The Hall–Kier alpha value is -2.64. The SMILES string of the molecule is CC(Oc1cccc(Cl)c1Cl)C(=O)NNC(=O)c1ccc2c(c1)OCO2. The lowest BCUT2D eigenvalue weighted by Gasteiger charge is -2.16. The summed E-state index contributed by atoms with van der Waals surface area (Å²) in [5.41, 5.74) is 4.91. The van der Waals surface area contributed by atoms with Crippen LogP contribution in [-0.2, 0) is 4.79 Å². The van der Waals surface area contributed by atoms with E-state index in [2.05, 4.69) is 10.9 Å². The van der Waals surface area contributed by atoms with Gasteiger partial charge in [-0.2, -0.15) is 0 Å². The quantitative estimate of drug-likeness (QED) is 0.775. The highest BCUT2D eigenvalue weighted by atomic mass is 35.5. The average Bonchev–Trinajstić information content (AvgIpc) is 3.10. The van der Waals surface area contributed by atoms with Crippen molar-refractivity contribution in [3.05, 3.63) is 52.0 Å². The number of benzene rings is 2. The molecule has 0 saturated heterocycles. The molecule has 1 atom stereocenters. The van der Waals surface area contributed by atoms with Gasteiger partial charge in [0.2, 0.25) is 6.79 Å². The summed E-state index contributed by atoms with van der Waals surface area (Å²) >= 11 is 11.9. The molecule has 2 aromatic carbocycles. The second kappa shape index (κ2) is 7.72. The van der Waals surface area contributed by atoms with Gasteiger partial charge < -0.3 is 14.2 Å². The normalized spacial score (nSPS) is 13.0.